The van der Waals surface area contributed by atoms with Crippen LogP contribution in [0.3, 0.4) is 0 Å². The van der Waals surface area contributed by atoms with Crippen LogP contribution in [-0.4, -0.2) is 36.3 Å². The normalized spacial score (nSPS) is 11.6. The van der Waals surface area contributed by atoms with E-state index in [0.717, 1.165) is 10.6 Å². The number of pyridine rings is 1. The minimum absolute atomic E-state index is 0.0427. The van der Waals surface area contributed by atoms with Crippen molar-refractivity contribution in [3.63, 3.8) is 0 Å². The molecule has 0 aliphatic rings. The van der Waals surface area contributed by atoms with E-state index in [1.54, 1.807) is 0 Å². The predicted octanol–water partition coefficient (Wildman–Crippen LogP) is 1.60. The minimum atomic E-state index is -0.991. The summed E-state index contributed by atoms with van der Waals surface area (Å²) < 4.78 is 1.23. The third-order valence-corrected chi connectivity index (χ3v) is 3.51. The van der Waals surface area contributed by atoms with Crippen molar-refractivity contribution in [3.05, 3.63) is 23.9 Å². The Kier molecular flexibility index (Phi) is 4.03. The van der Waals surface area contributed by atoms with Crippen molar-refractivity contribution in [3.8, 4) is 0 Å². The maximum Gasteiger partial charge on any atom is 0.325 e. The van der Waals surface area contributed by atoms with Crippen LogP contribution in [-0.2, 0) is 16.8 Å². The molecule has 7 nitrogen and oxygen atoms in total. The first-order valence-corrected chi connectivity index (χ1v) is 6.80. The fourth-order valence-corrected chi connectivity index (χ4v) is 2.19. The number of carboxylic acids is 1. The van der Waals surface area contributed by atoms with Gasteiger partial charge >= 0.3 is 5.97 Å². The summed E-state index contributed by atoms with van der Waals surface area (Å²) in [6, 6.07) is 3.88. The number of hydrogen-bond acceptors (Lipinski definition) is 6. The van der Waals surface area contributed by atoms with Crippen LogP contribution in [0.1, 0.15) is 26.3 Å². The molecule has 20 heavy (non-hydrogen) atoms. The van der Waals surface area contributed by atoms with Gasteiger partial charge in [0.1, 0.15) is 11.6 Å². The second-order valence-electron chi connectivity index (χ2n) is 5.25. The van der Waals surface area contributed by atoms with Gasteiger partial charge in [0.15, 0.2) is 0 Å². The zero-order valence-corrected chi connectivity index (χ0v) is 12.3. The summed E-state index contributed by atoms with van der Waals surface area (Å²) in [5, 5.41) is 20.8. The van der Waals surface area contributed by atoms with E-state index in [1.807, 2.05) is 18.3 Å². The number of tetrazole rings is 1. The van der Waals surface area contributed by atoms with Crippen LogP contribution in [0.2, 0.25) is 0 Å². The van der Waals surface area contributed by atoms with E-state index in [2.05, 4.69) is 41.3 Å². The van der Waals surface area contributed by atoms with Crippen molar-refractivity contribution in [1.82, 2.24) is 25.2 Å². The molecule has 106 valence electrons. The van der Waals surface area contributed by atoms with Crippen molar-refractivity contribution in [2.75, 3.05) is 0 Å². The van der Waals surface area contributed by atoms with Crippen LogP contribution in [0.25, 0.3) is 0 Å². The fourth-order valence-electron chi connectivity index (χ4n) is 1.47. The maximum absolute atomic E-state index is 10.7. The maximum atomic E-state index is 10.7. The summed E-state index contributed by atoms with van der Waals surface area (Å²) >= 11 is 1.23. The number of rotatable bonds is 4. The number of aromatic nitrogens is 5. The highest BCUT2D eigenvalue weighted by atomic mass is 32.2. The van der Waals surface area contributed by atoms with Crippen molar-refractivity contribution in [2.24, 2.45) is 0 Å². The molecule has 0 aromatic carbocycles. The lowest BCUT2D eigenvalue weighted by atomic mass is 9.88. The molecule has 0 aliphatic carbocycles. The molecular weight excluding hydrogens is 278 g/mol. The molecule has 0 bridgehead atoms. The van der Waals surface area contributed by atoms with E-state index in [1.165, 1.54) is 16.4 Å². The van der Waals surface area contributed by atoms with Crippen molar-refractivity contribution in [1.29, 1.82) is 0 Å². The lowest BCUT2D eigenvalue weighted by Crippen LogP contribution is -2.12. The van der Waals surface area contributed by atoms with Gasteiger partial charge in [-0.3, -0.25) is 4.79 Å². The zero-order chi connectivity index (χ0) is 14.8. The Morgan fingerprint density at radius 3 is 2.70 bits per heavy atom. The van der Waals surface area contributed by atoms with E-state index < -0.39 is 5.97 Å². The van der Waals surface area contributed by atoms with Crippen LogP contribution in [0.4, 0.5) is 0 Å². The van der Waals surface area contributed by atoms with Gasteiger partial charge in [0.25, 0.3) is 0 Å². The Bertz CT molecular complexity index is 603. The number of nitrogens with zero attached hydrogens (tertiary/aromatic N) is 5. The van der Waals surface area contributed by atoms with Crippen LogP contribution in [0.15, 0.2) is 28.5 Å². The van der Waals surface area contributed by atoms with Gasteiger partial charge in [0.2, 0.25) is 5.16 Å². The van der Waals surface area contributed by atoms with Crippen LogP contribution >= 0.6 is 11.8 Å². The standard InChI is InChI=1S/C12H15N5O2S/c1-12(2,3)8-4-5-9(13-6-8)20-11-14-15-16-17(11)7-10(18)19/h4-6H,7H2,1-3H3,(H,18,19). The lowest BCUT2D eigenvalue weighted by Gasteiger charge is -2.18. The van der Waals surface area contributed by atoms with Crippen molar-refractivity contribution >= 4 is 17.7 Å². The van der Waals surface area contributed by atoms with E-state index in [4.69, 9.17) is 5.11 Å². The van der Waals surface area contributed by atoms with Gasteiger partial charge in [0, 0.05) is 6.20 Å². The Balaban J connectivity index is 2.15. The summed E-state index contributed by atoms with van der Waals surface area (Å²) in [4.78, 5) is 15.0. The molecule has 0 amide bonds. The highest BCUT2D eigenvalue weighted by molar-refractivity contribution is 7.99. The summed E-state index contributed by atoms with van der Waals surface area (Å²) in [5.74, 6) is -0.991. The highest BCUT2D eigenvalue weighted by Crippen LogP contribution is 2.26. The van der Waals surface area contributed by atoms with Crippen molar-refractivity contribution < 1.29 is 9.90 Å². The first kappa shape index (κ1) is 14.4. The molecule has 8 heteroatoms. The molecule has 0 radical (unpaired) electrons. The van der Waals surface area contributed by atoms with Gasteiger partial charge in [-0.05, 0) is 39.2 Å². The second-order valence-corrected chi connectivity index (χ2v) is 6.24. The lowest BCUT2D eigenvalue weighted by molar-refractivity contribution is -0.138. The zero-order valence-electron chi connectivity index (χ0n) is 11.4. The van der Waals surface area contributed by atoms with Crippen LogP contribution in [0, 0.1) is 0 Å². The van der Waals surface area contributed by atoms with Crippen LogP contribution in [0.5, 0.6) is 0 Å². The third kappa shape index (κ3) is 3.53. The molecule has 2 aromatic heterocycles. The summed E-state index contributed by atoms with van der Waals surface area (Å²) in [5.41, 5.74) is 1.17. The molecule has 0 atom stereocenters. The summed E-state index contributed by atoms with van der Waals surface area (Å²) in [6.07, 6.45) is 1.81. The number of hydrogen-bond donors (Lipinski definition) is 1. The molecule has 2 heterocycles. The van der Waals surface area contributed by atoms with Gasteiger partial charge in [-0.1, -0.05) is 26.8 Å². The molecule has 0 saturated carbocycles. The average Bonchev–Trinajstić information content (AvgIpc) is 2.75. The largest absolute Gasteiger partial charge is 0.480 e. The summed E-state index contributed by atoms with van der Waals surface area (Å²) in [6.45, 7) is 6.08. The average molecular weight is 293 g/mol. The minimum Gasteiger partial charge on any atom is -0.480 e. The Morgan fingerprint density at radius 1 is 1.40 bits per heavy atom. The van der Waals surface area contributed by atoms with E-state index in [-0.39, 0.29) is 12.0 Å². The quantitative estimate of drug-likeness (QED) is 0.915. The molecule has 2 rings (SSSR count). The van der Waals surface area contributed by atoms with Crippen LogP contribution < -0.4 is 0 Å². The first-order chi connectivity index (χ1) is 9.36. The first-order valence-electron chi connectivity index (χ1n) is 5.98. The van der Waals surface area contributed by atoms with Gasteiger partial charge < -0.3 is 5.11 Å². The van der Waals surface area contributed by atoms with Crippen molar-refractivity contribution in [2.45, 2.75) is 42.9 Å². The topological polar surface area (TPSA) is 93.8 Å². The molecule has 0 unspecified atom stereocenters. The molecular formula is C12H15N5O2S. The molecule has 0 aliphatic heterocycles. The van der Waals surface area contributed by atoms with E-state index >= 15 is 0 Å². The number of carbonyl (C=O) groups is 1. The molecule has 0 spiro atoms. The van der Waals surface area contributed by atoms with Gasteiger partial charge in [-0.25, -0.2) is 9.67 Å². The number of carboxylic acid groups (broad SMARTS) is 1. The highest BCUT2D eigenvalue weighted by Gasteiger charge is 2.15. The van der Waals surface area contributed by atoms with Gasteiger partial charge in [-0.15, -0.1) is 5.10 Å². The van der Waals surface area contributed by atoms with E-state index in [9.17, 15) is 4.79 Å². The number of aliphatic carboxylic acids is 1. The fraction of sp³-hybridized carbons (Fsp3) is 0.417. The Hall–Kier alpha value is -1.96. The van der Waals surface area contributed by atoms with Gasteiger partial charge in [0.05, 0.1) is 0 Å². The second kappa shape index (κ2) is 5.58. The predicted molar refractivity (Wildman–Crippen MR) is 72.5 cm³/mol. The Morgan fingerprint density at radius 2 is 2.15 bits per heavy atom. The monoisotopic (exact) mass is 293 g/mol. The molecule has 1 N–H and O–H groups in total. The van der Waals surface area contributed by atoms with Gasteiger partial charge in [-0.2, -0.15) is 0 Å². The molecule has 0 saturated heterocycles. The summed E-state index contributed by atoms with van der Waals surface area (Å²) in [7, 11) is 0. The van der Waals surface area contributed by atoms with E-state index in [0.29, 0.717) is 5.16 Å². The Labute approximate surface area is 120 Å². The molecule has 2 aromatic rings. The smallest absolute Gasteiger partial charge is 0.325 e. The SMILES string of the molecule is CC(C)(C)c1ccc(Sc2nnnn2CC(=O)O)nc1. The molecule has 0 fully saturated rings. The third-order valence-electron chi connectivity index (χ3n) is 2.58.